The van der Waals surface area contributed by atoms with Crippen LogP contribution in [0.2, 0.25) is 0 Å². The van der Waals surface area contributed by atoms with E-state index in [1.807, 2.05) is 0 Å². The molecule has 0 aromatic rings. The van der Waals surface area contributed by atoms with Crippen LogP contribution < -0.4 is 0 Å². The summed E-state index contributed by atoms with van der Waals surface area (Å²) in [5, 5.41) is 0. The van der Waals surface area contributed by atoms with Crippen molar-refractivity contribution in [3.05, 3.63) is 23.3 Å². The second-order valence-electron chi connectivity index (χ2n) is 4.66. The monoisotopic (exact) mass is 176 g/mol. The number of ketones is 1. The number of hydrogen-bond acceptors (Lipinski definition) is 1. The first-order valence-corrected chi connectivity index (χ1v) is 5.02. The summed E-state index contributed by atoms with van der Waals surface area (Å²) in [5.41, 5.74) is 2.67. The molecule has 0 aromatic heterocycles. The Bertz CT molecular complexity index is 305. The maximum Gasteiger partial charge on any atom is 0.160 e. The summed E-state index contributed by atoms with van der Waals surface area (Å²) in [4.78, 5) is 11.7. The molecule has 2 aliphatic carbocycles. The van der Waals surface area contributed by atoms with Crippen LogP contribution in [-0.2, 0) is 4.79 Å². The molecule has 70 valence electrons. The number of Topliss-reactive ketones (excluding diaryl/α,β-unsaturated/α-hetero) is 1. The molecule has 0 heterocycles. The first-order chi connectivity index (χ1) is 6.11. The molecule has 0 N–H and O–H groups in total. The summed E-state index contributed by atoms with van der Waals surface area (Å²) < 4.78 is 0. The van der Waals surface area contributed by atoms with Gasteiger partial charge in [0.1, 0.15) is 0 Å². The van der Waals surface area contributed by atoms with Crippen molar-refractivity contribution >= 4 is 5.78 Å². The summed E-state index contributed by atoms with van der Waals surface area (Å²) in [6.07, 6.45) is 8.13. The predicted molar refractivity (Wildman–Crippen MR) is 53.4 cm³/mol. The van der Waals surface area contributed by atoms with Crippen LogP contribution in [0.3, 0.4) is 0 Å². The normalized spacial score (nSPS) is 26.2. The number of rotatable bonds is 0. The Morgan fingerprint density at radius 3 is 2.85 bits per heavy atom. The summed E-state index contributed by atoms with van der Waals surface area (Å²) in [5.74, 6) is 0.381. The maximum atomic E-state index is 11.7. The van der Waals surface area contributed by atoms with Crippen molar-refractivity contribution in [2.75, 3.05) is 0 Å². The van der Waals surface area contributed by atoms with Crippen LogP contribution in [0.25, 0.3) is 0 Å². The summed E-state index contributed by atoms with van der Waals surface area (Å²) in [6, 6.07) is 0. The SMILES string of the molecule is CC1(C)CC(=O)C2=C1CCC=CC2. The minimum absolute atomic E-state index is 0.137. The third-order valence-corrected chi connectivity index (χ3v) is 3.17. The maximum absolute atomic E-state index is 11.7. The lowest BCUT2D eigenvalue weighted by atomic mass is 9.83. The van der Waals surface area contributed by atoms with Gasteiger partial charge in [0.2, 0.25) is 0 Å². The fourth-order valence-corrected chi connectivity index (χ4v) is 2.46. The molecular weight excluding hydrogens is 160 g/mol. The quantitative estimate of drug-likeness (QED) is 0.518. The van der Waals surface area contributed by atoms with Crippen LogP contribution in [-0.4, -0.2) is 5.78 Å². The second-order valence-corrected chi connectivity index (χ2v) is 4.66. The van der Waals surface area contributed by atoms with E-state index < -0.39 is 0 Å². The van der Waals surface area contributed by atoms with E-state index in [1.54, 1.807) is 0 Å². The van der Waals surface area contributed by atoms with Crippen molar-refractivity contribution in [2.45, 2.75) is 39.5 Å². The topological polar surface area (TPSA) is 17.1 Å². The van der Waals surface area contributed by atoms with Crippen molar-refractivity contribution in [3.8, 4) is 0 Å². The molecule has 0 saturated heterocycles. The van der Waals surface area contributed by atoms with E-state index in [0.717, 1.165) is 31.3 Å². The van der Waals surface area contributed by atoms with Gasteiger partial charge in [-0.05, 0) is 30.3 Å². The number of carbonyl (C=O) groups is 1. The molecule has 0 spiro atoms. The Balaban J connectivity index is 2.40. The molecule has 0 unspecified atom stereocenters. The van der Waals surface area contributed by atoms with E-state index in [1.165, 1.54) is 5.57 Å². The van der Waals surface area contributed by atoms with Gasteiger partial charge in [-0.1, -0.05) is 31.6 Å². The molecule has 2 aliphatic rings. The van der Waals surface area contributed by atoms with Crippen molar-refractivity contribution in [3.63, 3.8) is 0 Å². The molecule has 0 bridgehead atoms. The van der Waals surface area contributed by atoms with Crippen molar-refractivity contribution in [1.29, 1.82) is 0 Å². The van der Waals surface area contributed by atoms with E-state index in [4.69, 9.17) is 0 Å². The molecule has 2 rings (SSSR count). The molecular formula is C12H16O. The fourth-order valence-electron chi connectivity index (χ4n) is 2.46. The Kier molecular flexibility index (Phi) is 1.90. The number of carbonyl (C=O) groups excluding carboxylic acids is 1. The molecule has 0 aliphatic heterocycles. The summed E-state index contributed by atoms with van der Waals surface area (Å²) in [6.45, 7) is 4.39. The lowest BCUT2D eigenvalue weighted by Gasteiger charge is -2.21. The van der Waals surface area contributed by atoms with Gasteiger partial charge >= 0.3 is 0 Å². The van der Waals surface area contributed by atoms with Gasteiger partial charge in [-0.25, -0.2) is 0 Å². The highest BCUT2D eigenvalue weighted by atomic mass is 16.1. The van der Waals surface area contributed by atoms with Crippen LogP contribution in [0.1, 0.15) is 39.5 Å². The average molecular weight is 176 g/mol. The van der Waals surface area contributed by atoms with Gasteiger partial charge in [0.15, 0.2) is 5.78 Å². The second kappa shape index (κ2) is 2.83. The van der Waals surface area contributed by atoms with E-state index in [-0.39, 0.29) is 5.41 Å². The van der Waals surface area contributed by atoms with Gasteiger partial charge in [-0.2, -0.15) is 0 Å². The number of hydrogen-bond donors (Lipinski definition) is 0. The molecule has 0 saturated carbocycles. The first kappa shape index (κ1) is 8.74. The fraction of sp³-hybridized carbons (Fsp3) is 0.583. The summed E-state index contributed by atoms with van der Waals surface area (Å²) >= 11 is 0. The highest BCUT2D eigenvalue weighted by Crippen LogP contribution is 2.44. The highest BCUT2D eigenvalue weighted by Gasteiger charge is 2.37. The van der Waals surface area contributed by atoms with Crippen LogP contribution in [0, 0.1) is 5.41 Å². The van der Waals surface area contributed by atoms with Crippen molar-refractivity contribution in [2.24, 2.45) is 5.41 Å². The Hall–Kier alpha value is -0.850. The zero-order chi connectivity index (χ0) is 9.47. The van der Waals surface area contributed by atoms with Gasteiger partial charge < -0.3 is 0 Å². The Labute approximate surface area is 79.5 Å². The standard InChI is InChI=1S/C12H16O/c1-12(2)8-11(13)9-6-4-3-5-7-10(9)12/h3-4H,5-8H2,1-2H3. The smallest absolute Gasteiger partial charge is 0.160 e. The molecule has 1 heteroatoms. The van der Waals surface area contributed by atoms with Crippen LogP contribution >= 0.6 is 0 Å². The zero-order valence-electron chi connectivity index (χ0n) is 8.39. The minimum Gasteiger partial charge on any atom is -0.295 e. The van der Waals surface area contributed by atoms with E-state index in [0.29, 0.717) is 5.78 Å². The Morgan fingerprint density at radius 1 is 1.31 bits per heavy atom. The molecule has 0 amide bonds. The average Bonchev–Trinajstić information content (AvgIpc) is 2.28. The van der Waals surface area contributed by atoms with Gasteiger partial charge in [0, 0.05) is 6.42 Å². The van der Waals surface area contributed by atoms with Crippen LogP contribution in [0.5, 0.6) is 0 Å². The third kappa shape index (κ3) is 1.37. The van der Waals surface area contributed by atoms with Crippen LogP contribution in [0.15, 0.2) is 23.3 Å². The first-order valence-electron chi connectivity index (χ1n) is 5.02. The van der Waals surface area contributed by atoms with E-state index in [9.17, 15) is 4.79 Å². The molecule has 0 radical (unpaired) electrons. The minimum atomic E-state index is 0.137. The lowest BCUT2D eigenvalue weighted by Crippen LogP contribution is -2.11. The van der Waals surface area contributed by atoms with Gasteiger partial charge in [-0.3, -0.25) is 4.79 Å². The van der Waals surface area contributed by atoms with E-state index in [2.05, 4.69) is 26.0 Å². The molecule has 13 heavy (non-hydrogen) atoms. The Morgan fingerprint density at radius 2 is 2.08 bits per heavy atom. The lowest BCUT2D eigenvalue weighted by molar-refractivity contribution is -0.115. The summed E-state index contributed by atoms with van der Waals surface area (Å²) in [7, 11) is 0. The van der Waals surface area contributed by atoms with E-state index >= 15 is 0 Å². The highest BCUT2D eigenvalue weighted by molar-refractivity contribution is 6.00. The van der Waals surface area contributed by atoms with Gasteiger partial charge in [0.05, 0.1) is 0 Å². The zero-order valence-corrected chi connectivity index (χ0v) is 8.39. The largest absolute Gasteiger partial charge is 0.295 e. The number of allylic oxidation sites excluding steroid dienone is 4. The van der Waals surface area contributed by atoms with Gasteiger partial charge in [0.25, 0.3) is 0 Å². The third-order valence-electron chi connectivity index (χ3n) is 3.17. The molecule has 1 nitrogen and oxygen atoms in total. The van der Waals surface area contributed by atoms with Crippen molar-refractivity contribution < 1.29 is 4.79 Å². The van der Waals surface area contributed by atoms with Gasteiger partial charge in [-0.15, -0.1) is 0 Å². The van der Waals surface area contributed by atoms with Crippen LogP contribution in [0.4, 0.5) is 0 Å². The molecule has 0 fully saturated rings. The van der Waals surface area contributed by atoms with Crippen molar-refractivity contribution in [1.82, 2.24) is 0 Å². The molecule has 0 aromatic carbocycles. The predicted octanol–water partition coefficient (Wildman–Crippen LogP) is 3.02. The molecule has 0 atom stereocenters.